The maximum absolute atomic E-state index is 5.99. The summed E-state index contributed by atoms with van der Waals surface area (Å²) in [7, 11) is 2.20. The van der Waals surface area contributed by atoms with Gasteiger partial charge in [0.1, 0.15) is 0 Å². The predicted molar refractivity (Wildman–Crippen MR) is 68.5 cm³/mol. The molecule has 1 saturated heterocycles. The van der Waals surface area contributed by atoms with E-state index in [2.05, 4.69) is 32.7 Å². The molecule has 0 bridgehead atoms. The molecule has 0 aromatic carbocycles. The van der Waals surface area contributed by atoms with Crippen LogP contribution >= 0.6 is 0 Å². The molecule has 1 fully saturated rings. The van der Waals surface area contributed by atoms with Gasteiger partial charge >= 0.3 is 0 Å². The summed E-state index contributed by atoms with van der Waals surface area (Å²) in [6.07, 6.45) is 3.52. The van der Waals surface area contributed by atoms with E-state index < -0.39 is 0 Å². The van der Waals surface area contributed by atoms with E-state index in [0.717, 1.165) is 25.6 Å². The highest BCUT2D eigenvalue weighted by Gasteiger charge is 2.37. The molecule has 0 aromatic heterocycles. The Morgan fingerprint density at radius 1 is 1.38 bits per heavy atom. The lowest BCUT2D eigenvalue weighted by atomic mass is 9.88. The van der Waals surface area contributed by atoms with E-state index in [1.165, 1.54) is 12.8 Å². The second-order valence-corrected chi connectivity index (χ2v) is 5.67. The van der Waals surface area contributed by atoms with E-state index >= 15 is 0 Å². The molecular weight excluding hydrogens is 200 g/mol. The summed E-state index contributed by atoms with van der Waals surface area (Å²) in [5.74, 6) is 0.733. The molecule has 16 heavy (non-hydrogen) atoms. The average Bonchev–Trinajstić information content (AvgIpc) is 2.28. The molecule has 1 aliphatic rings. The van der Waals surface area contributed by atoms with Gasteiger partial charge in [-0.25, -0.2) is 0 Å². The number of nitrogens with zero attached hydrogens (tertiary/aromatic N) is 1. The highest BCUT2D eigenvalue weighted by Crippen LogP contribution is 2.27. The van der Waals surface area contributed by atoms with Crippen LogP contribution in [-0.2, 0) is 4.74 Å². The summed E-state index contributed by atoms with van der Waals surface area (Å²) in [5.41, 5.74) is 6.06. The molecule has 1 aliphatic heterocycles. The summed E-state index contributed by atoms with van der Waals surface area (Å²) in [6.45, 7) is 9.24. The first-order chi connectivity index (χ1) is 7.52. The number of nitrogens with two attached hydrogens (primary N) is 1. The Balaban J connectivity index is 2.63. The van der Waals surface area contributed by atoms with Gasteiger partial charge in [0.2, 0.25) is 0 Å². The van der Waals surface area contributed by atoms with Crippen molar-refractivity contribution in [3.8, 4) is 0 Å². The molecule has 2 N–H and O–H groups in total. The van der Waals surface area contributed by atoms with Gasteiger partial charge in [0.05, 0.1) is 12.1 Å². The molecule has 0 radical (unpaired) electrons. The molecule has 0 saturated carbocycles. The van der Waals surface area contributed by atoms with Crippen LogP contribution < -0.4 is 5.73 Å². The van der Waals surface area contributed by atoms with Crippen molar-refractivity contribution in [2.24, 2.45) is 11.7 Å². The largest absolute Gasteiger partial charge is 0.379 e. The molecule has 3 heteroatoms. The first-order valence-electron chi connectivity index (χ1n) is 6.52. The molecule has 1 rings (SSSR count). The molecule has 2 atom stereocenters. The van der Waals surface area contributed by atoms with E-state index in [0.29, 0.717) is 12.6 Å². The van der Waals surface area contributed by atoms with Crippen LogP contribution in [0.3, 0.4) is 0 Å². The van der Waals surface area contributed by atoms with Crippen molar-refractivity contribution in [2.75, 3.05) is 26.8 Å². The van der Waals surface area contributed by atoms with Crippen LogP contribution in [-0.4, -0.2) is 43.3 Å². The maximum atomic E-state index is 5.99. The lowest BCUT2D eigenvalue weighted by molar-refractivity contribution is -0.0507. The minimum Gasteiger partial charge on any atom is -0.379 e. The molecule has 0 amide bonds. The molecule has 96 valence electrons. The second kappa shape index (κ2) is 5.99. The van der Waals surface area contributed by atoms with E-state index in [1.807, 2.05) is 0 Å². The molecule has 0 aliphatic carbocycles. The van der Waals surface area contributed by atoms with Gasteiger partial charge in [-0.15, -0.1) is 0 Å². The van der Waals surface area contributed by atoms with Gasteiger partial charge in [-0.1, -0.05) is 13.8 Å². The Morgan fingerprint density at radius 2 is 2.06 bits per heavy atom. The molecule has 1 heterocycles. The van der Waals surface area contributed by atoms with Crippen LogP contribution in [0, 0.1) is 5.92 Å². The van der Waals surface area contributed by atoms with Crippen LogP contribution in [0.5, 0.6) is 0 Å². The van der Waals surface area contributed by atoms with Crippen LogP contribution in [0.2, 0.25) is 0 Å². The molecule has 0 aromatic rings. The standard InChI is InChI=1S/C13H28N2O/c1-11(2)8-12(3)15(4)13(9-14)6-5-7-16-10-13/h11-12H,5-10,14H2,1-4H3. The highest BCUT2D eigenvalue weighted by molar-refractivity contribution is 4.94. The summed E-state index contributed by atoms with van der Waals surface area (Å²) in [5, 5.41) is 0. The zero-order chi connectivity index (χ0) is 12.2. The van der Waals surface area contributed by atoms with Crippen molar-refractivity contribution in [2.45, 2.75) is 51.6 Å². The van der Waals surface area contributed by atoms with Gasteiger partial charge in [-0.3, -0.25) is 4.90 Å². The van der Waals surface area contributed by atoms with Crippen molar-refractivity contribution in [1.29, 1.82) is 0 Å². The Kier molecular flexibility index (Phi) is 5.22. The van der Waals surface area contributed by atoms with Crippen LogP contribution in [0.4, 0.5) is 0 Å². The van der Waals surface area contributed by atoms with E-state index in [1.54, 1.807) is 0 Å². The van der Waals surface area contributed by atoms with Gasteiger partial charge in [-0.2, -0.15) is 0 Å². The summed E-state index contributed by atoms with van der Waals surface area (Å²) >= 11 is 0. The maximum Gasteiger partial charge on any atom is 0.0662 e. The van der Waals surface area contributed by atoms with E-state index in [9.17, 15) is 0 Å². The summed E-state index contributed by atoms with van der Waals surface area (Å²) in [4.78, 5) is 2.45. The Morgan fingerprint density at radius 3 is 2.50 bits per heavy atom. The molecule has 0 spiro atoms. The zero-order valence-electron chi connectivity index (χ0n) is 11.3. The van der Waals surface area contributed by atoms with Gasteiger partial charge < -0.3 is 10.5 Å². The van der Waals surface area contributed by atoms with E-state index in [-0.39, 0.29) is 5.54 Å². The van der Waals surface area contributed by atoms with Gasteiger partial charge in [0.25, 0.3) is 0 Å². The summed E-state index contributed by atoms with van der Waals surface area (Å²) < 4.78 is 5.63. The normalized spacial score (nSPS) is 28.7. The Labute approximate surface area is 100 Å². The first kappa shape index (κ1) is 13.9. The van der Waals surface area contributed by atoms with Crippen molar-refractivity contribution in [3.05, 3.63) is 0 Å². The van der Waals surface area contributed by atoms with Crippen molar-refractivity contribution in [1.82, 2.24) is 4.90 Å². The van der Waals surface area contributed by atoms with Gasteiger partial charge in [-0.05, 0) is 39.2 Å². The second-order valence-electron chi connectivity index (χ2n) is 5.67. The minimum absolute atomic E-state index is 0.0759. The fourth-order valence-electron chi connectivity index (χ4n) is 2.73. The lowest BCUT2D eigenvalue weighted by Crippen LogP contribution is -2.59. The van der Waals surface area contributed by atoms with Crippen LogP contribution in [0.25, 0.3) is 0 Å². The Hall–Kier alpha value is -0.120. The lowest BCUT2D eigenvalue weighted by Gasteiger charge is -2.46. The van der Waals surface area contributed by atoms with Gasteiger partial charge in [0, 0.05) is 19.2 Å². The minimum atomic E-state index is 0.0759. The third kappa shape index (κ3) is 3.19. The van der Waals surface area contributed by atoms with Crippen molar-refractivity contribution < 1.29 is 4.74 Å². The average molecular weight is 228 g/mol. The van der Waals surface area contributed by atoms with Crippen LogP contribution in [0.1, 0.15) is 40.0 Å². The third-order valence-corrected chi connectivity index (χ3v) is 3.90. The summed E-state index contributed by atoms with van der Waals surface area (Å²) in [6, 6.07) is 0.574. The van der Waals surface area contributed by atoms with Crippen LogP contribution in [0.15, 0.2) is 0 Å². The molecule has 2 unspecified atom stereocenters. The zero-order valence-corrected chi connectivity index (χ0v) is 11.3. The number of hydrogen-bond donors (Lipinski definition) is 1. The first-order valence-corrected chi connectivity index (χ1v) is 6.52. The fraction of sp³-hybridized carbons (Fsp3) is 1.00. The number of ether oxygens (including phenoxy) is 1. The molecular formula is C13H28N2O. The topological polar surface area (TPSA) is 38.5 Å². The Bertz CT molecular complexity index is 200. The predicted octanol–water partition coefficient (Wildman–Crippen LogP) is 1.86. The highest BCUT2D eigenvalue weighted by atomic mass is 16.5. The smallest absolute Gasteiger partial charge is 0.0662 e. The van der Waals surface area contributed by atoms with E-state index in [4.69, 9.17) is 10.5 Å². The third-order valence-electron chi connectivity index (χ3n) is 3.90. The number of rotatable bonds is 5. The number of likely N-dealkylation sites (N-methyl/N-ethyl adjacent to an activating group) is 1. The SMILES string of the molecule is CC(C)CC(C)N(C)C1(CN)CCCOC1. The van der Waals surface area contributed by atoms with Gasteiger partial charge in [0.15, 0.2) is 0 Å². The molecule has 3 nitrogen and oxygen atoms in total. The van der Waals surface area contributed by atoms with Crippen molar-refractivity contribution >= 4 is 0 Å². The fourth-order valence-corrected chi connectivity index (χ4v) is 2.73. The number of hydrogen-bond acceptors (Lipinski definition) is 3. The quantitative estimate of drug-likeness (QED) is 0.780. The van der Waals surface area contributed by atoms with Crippen molar-refractivity contribution in [3.63, 3.8) is 0 Å². The monoisotopic (exact) mass is 228 g/mol.